The predicted octanol–water partition coefficient (Wildman–Crippen LogP) is 1.61. The third-order valence-electron chi connectivity index (χ3n) is 5.30. The Morgan fingerprint density at radius 1 is 1.41 bits per heavy atom. The van der Waals surface area contributed by atoms with Crippen LogP contribution in [0.1, 0.15) is 47.0 Å². The summed E-state index contributed by atoms with van der Waals surface area (Å²) in [5.41, 5.74) is -0.812. The molecule has 1 fully saturated rings. The first-order chi connectivity index (χ1) is 10.1. The van der Waals surface area contributed by atoms with E-state index in [-0.39, 0.29) is 23.7 Å². The maximum Gasteiger partial charge on any atom is 0.302 e. The minimum Gasteiger partial charge on any atom is -0.462 e. The molecule has 1 saturated carbocycles. The van der Waals surface area contributed by atoms with Gasteiger partial charge in [-0.25, -0.2) is 0 Å². The van der Waals surface area contributed by atoms with Gasteiger partial charge in [0.1, 0.15) is 12.4 Å². The highest BCUT2D eigenvalue weighted by Gasteiger charge is 2.62. The smallest absolute Gasteiger partial charge is 0.302 e. The molecule has 0 bridgehead atoms. The van der Waals surface area contributed by atoms with Gasteiger partial charge < -0.3 is 14.9 Å². The Morgan fingerprint density at radius 3 is 2.59 bits per heavy atom. The molecule has 0 aliphatic heterocycles. The van der Waals surface area contributed by atoms with Gasteiger partial charge in [0.2, 0.25) is 0 Å². The fraction of sp³-hybridized carbons (Fsp3) is 0.765. The first kappa shape index (κ1) is 17.2. The zero-order chi connectivity index (χ0) is 16.7. The molecule has 0 amide bonds. The van der Waals surface area contributed by atoms with Crippen LogP contribution < -0.4 is 0 Å². The fourth-order valence-corrected chi connectivity index (χ4v) is 3.77. The van der Waals surface area contributed by atoms with E-state index in [1.807, 2.05) is 6.08 Å². The molecule has 0 aromatic heterocycles. The van der Waals surface area contributed by atoms with Crippen molar-refractivity contribution < 1.29 is 24.5 Å². The van der Waals surface area contributed by atoms with Crippen molar-refractivity contribution in [2.45, 2.75) is 64.8 Å². The van der Waals surface area contributed by atoms with Crippen molar-refractivity contribution in [3.8, 4) is 0 Å². The highest BCUT2D eigenvalue weighted by atomic mass is 16.5. The van der Waals surface area contributed by atoms with E-state index in [9.17, 15) is 19.8 Å². The molecule has 0 aromatic rings. The Hall–Kier alpha value is -1.20. The molecular formula is C17H26O5. The summed E-state index contributed by atoms with van der Waals surface area (Å²) in [6.45, 7) is 7.05. The summed E-state index contributed by atoms with van der Waals surface area (Å²) in [7, 11) is 0. The molecule has 2 N–H and O–H groups in total. The number of ether oxygens (including phenoxy) is 1. The SMILES string of the molecule is CC(=O)O[C@@H]1C[C@@](C)(O)[C@@H](O)CCC(C=O)=C[C@@H]2[C@H]1C2(C)C. The lowest BCUT2D eigenvalue weighted by Gasteiger charge is -2.33. The molecule has 0 saturated heterocycles. The average Bonchev–Trinajstić information content (AvgIpc) is 2.92. The summed E-state index contributed by atoms with van der Waals surface area (Å²) in [6, 6.07) is 0. The van der Waals surface area contributed by atoms with Crippen molar-refractivity contribution in [1.82, 2.24) is 0 Å². The van der Waals surface area contributed by atoms with Gasteiger partial charge in [-0.3, -0.25) is 9.59 Å². The van der Waals surface area contributed by atoms with E-state index in [2.05, 4.69) is 13.8 Å². The third kappa shape index (κ3) is 3.25. The van der Waals surface area contributed by atoms with E-state index in [0.717, 1.165) is 6.29 Å². The van der Waals surface area contributed by atoms with Crippen LogP contribution in [0.15, 0.2) is 11.6 Å². The van der Waals surface area contributed by atoms with Gasteiger partial charge in [0.05, 0.1) is 11.7 Å². The maximum atomic E-state index is 11.4. The van der Waals surface area contributed by atoms with Gasteiger partial charge >= 0.3 is 5.97 Å². The normalized spacial score (nSPS) is 40.9. The van der Waals surface area contributed by atoms with Crippen molar-refractivity contribution in [1.29, 1.82) is 0 Å². The second-order valence-corrected chi connectivity index (χ2v) is 7.50. The number of esters is 1. The molecule has 2 rings (SSSR count). The number of allylic oxidation sites excluding steroid dienone is 2. The number of fused-ring (bicyclic) bond motifs is 1. The number of carbonyl (C=O) groups is 2. The lowest BCUT2D eigenvalue weighted by atomic mass is 9.85. The number of hydrogen-bond acceptors (Lipinski definition) is 5. The molecule has 5 atom stereocenters. The van der Waals surface area contributed by atoms with E-state index < -0.39 is 23.8 Å². The van der Waals surface area contributed by atoms with Crippen molar-refractivity contribution in [2.75, 3.05) is 0 Å². The third-order valence-corrected chi connectivity index (χ3v) is 5.30. The minimum atomic E-state index is -1.35. The molecule has 2 aliphatic rings. The van der Waals surface area contributed by atoms with Crippen LogP contribution in [-0.4, -0.2) is 40.3 Å². The van der Waals surface area contributed by atoms with Crippen LogP contribution in [0.4, 0.5) is 0 Å². The number of carbonyl (C=O) groups excluding carboxylic acids is 2. The highest BCUT2D eigenvalue weighted by Crippen LogP contribution is 2.62. The van der Waals surface area contributed by atoms with Crippen molar-refractivity contribution in [2.24, 2.45) is 17.3 Å². The Balaban J connectivity index is 2.36. The molecule has 0 spiro atoms. The molecule has 22 heavy (non-hydrogen) atoms. The monoisotopic (exact) mass is 310 g/mol. The average molecular weight is 310 g/mol. The molecule has 2 aliphatic carbocycles. The van der Waals surface area contributed by atoms with Gasteiger partial charge in [0, 0.05) is 19.3 Å². The van der Waals surface area contributed by atoms with E-state index in [1.165, 1.54) is 6.92 Å². The molecule has 5 heteroatoms. The van der Waals surface area contributed by atoms with Crippen LogP contribution in [-0.2, 0) is 14.3 Å². The summed E-state index contributed by atoms with van der Waals surface area (Å²) >= 11 is 0. The topological polar surface area (TPSA) is 83.8 Å². The lowest BCUT2D eigenvalue weighted by molar-refractivity contribution is -0.155. The summed E-state index contributed by atoms with van der Waals surface area (Å²) in [5, 5.41) is 20.8. The quantitative estimate of drug-likeness (QED) is 0.598. The standard InChI is InChI=1S/C17H26O5/c1-10(19)22-13-8-17(4,21)14(20)6-5-11(9-18)7-12-15(13)16(12,2)3/h7,9,12-15,20-21H,5-6,8H2,1-4H3/t12-,13-,14+,15-,17-/m1/s1. The summed E-state index contributed by atoms with van der Waals surface area (Å²) < 4.78 is 5.44. The predicted molar refractivity (Wildman–Crippen MR) is 80.9 cm³/mol. The largest absolute Gasteiger partial charge is 0.462 e. The molecule has 0 unspecified atom stereocenters. The number of aliphatic hydroxyl groups excluding tert-OH is 1. The van der Waals surface area contributed by atoms with Crippen LogP contribution in [0.3, 0.4) is 0 Å². The summed E-state index contributed by atoms with van der Waals surface area (Å²) in [4.78, 5) is 22.6. The maximum absolute atomic E-state index is 11.4. The Bertz CT molecular complexity index is 491. The number of hydrogen-bond donors (Lipinski definition) is 2. The highest BCUT2D eigenvalue weighted by molar-refractivity contribution is 5.73. The molecule has 0 aromatic carbocycles. The Morgan fingerprint density at radius 2 is 2.05 bits per heavy atom. The van der Waals surface area contributed by atoms with E-state index in [4.69, 9.17) is 4.74 Å². The van der Waals surface area contributed by atoms with Gasteiger partial charge in [-0.1, -0.05) is 19.9 Å². The Kier molecular flexibility index (Phi) is 4.51. The van der Waals surface area contributed by atoms with Gasteiger partial charge in [-0.15, -0.1) is 0 Å². The van der Waals surface area contributed by atoms with Gasteiger partial charge in [0.15, 0.2) is 0 Å². The molecule has 124 valence electrons. The molecule has 0 heterocycles. The van der Waals surface area contributed by atoms with Crippen LogP contribution in [0.2, 0.25) is 0 Å². The number of aliphatic hydroxyl groups is 2. The Labute approximate surface area is 131 Å². The van der Waals surface area contributed by atoms with E-state index in [0.29, 0.717) is 18.4 Å². The summed E-state index contributed by atoms with van der Waals surface area (Å²) in [6.07, 6.45) is 2.27. The van der Waals surface area contributed by atoms with Crippen molar-refractivity contribution in [3.05, 3.63) is 11.6 Å². The summed E-state index contributed by atoms with van der Waals surface area (Å²) in [5.74, 6) is -0.209. The van der Waals surface area contributed by atoms with Gasteiger partial charge in [-0.2, -0.15) is 0 Å². The minimum absolute atomic E-state index is 0.0446. The second-order valence-electron chi connectivity index (χ2n) is 7.50. The van der Waals surface area contributed by atoms with Crippen molar-refractivity contribution in [3.63, 3.8) is 0 Å². The molecular weight excluding hydrogens is 284 g/mol. The first-order valence-electron chi connectivity index (χ1n) is 7.83. The second kappa shape index (κ2) is 5.78. The van der Waals surface area contributed by atoms with Crippen LogP contribution in [0.25, 0.3) is 0 Å². The van der Waals surface area contributed by atoms with Crippen LogP contribution in [0.5, 0.6) is 0 Å². The fourth-order valence-electron chi connectivity index (χ4n) is 3.77. The van der Waals surface area contributed by atoms with Crippen LogP contribution >= 0.6 is 0 Å². The van der Waals surface area contributed by atoms with E-state index >= 15 is 0 Å². The van der Waals surface area contributed by atoms with Crippen LogP contribution in [0, 0.1) is 17.3 Å². The zero-order valence-electron chi connectivity index (χ0n) is 13.7. The van der Waals surface area contributed by atoms with Gasteiger partial charge in [-0.05, 0) is 36.7 Å². The zero-order valence-corrected chi connectivity index (χ0v) is 13.7. The lowest BCUT2D eigenvalue weighted by Crippen LogP contribution is -2.44. The number of rotatable bonds is 2. The number of aldehydes is 1. The molecule has 5 nitrogen and oxygen atoms in total. The van der Waals surface area contributed by atoms with Crippen molar-refractivity contribution >= 4 is 12.3 Å². The molecule has 0 radical (unpaired) electrons. The van der Waals surface area contributed by atoms with E-state index in [1.54, 1.807) is 6.92 Å². The van der Waals surface area contributed by atoms with Gasteiger partial charge in [0.25, 0.3) is 0 Å². The first-order valence-corrected chi connectivity index (χ1v) is 7.83.